The highest BCUT2D eigenvalue weighted by molar-refractivity contribution is 6.21. The summed E-state index contributed by atoms with van der Waals surface area (Å²) in [4.78, 5) is 6.93. The largest absolute Gasteiger partial charge is 0.309 e. The third-order valence-electron chi connectivity index (χ3n) is 12.7. The fourth-order valence-electron chi connectivity index (χ4n) is 10.1. The molecule has 0 unspecified atom stereocenters. The quantitative estimate of drug-likeness (QED) is 0.174. The molecule has 10 aromatic carbocycles. The van der Waals surface area contributed by atoms with Gasteiger partial charge in [0.05, 0.1) is 11.9 Å². The first-order valence-corrected chi connectivity index (χ1v) is 20.3. The van der Waals surface area contributed by atoms with Gasteiger partial charge in [-0.25, -0.2) is 0 Å². The highest BCUT2D eigenvalue weighted by Crippen LogP contribution is 2.52. The summed E-state index contributed by atoms with van der Waals surface area (Å²) in [6.45, 7) is 0. The number of rotatable bonds is 5. The van der Waals surface area contributed by atoms with E-state index >= 15 is 0 Å². The fraction of sp³-hybridized carbons (Fsp3) is 0. The van der Waals surface area contributed by atoms with E-state index in [1.54, 1.807) is 0 Å². The molecule has 0 amide bonds. The maximum atomic E-state index is 4.59. The molecule has 13 rings (SSSR count). The Labute approximate surface area is 341 Å². The number of nitrogens with zero attached hydrogens (tertiary/aromatic N) is 2. The molecule has 0 radical (unpaired) electrons. The minimum atomic E-state index is 1.01. The van der Waals surface area contributed by atoms with E-state index in [0.717, 1.165) is 17.1 Å². The molecule has 0 saturated heterocycles. The molecule has 11 aromatic rings. The van der Waals surface area contributed by atoms with E-state index in [4.69, 9.17) is 0 Å². The predicted octanol–water partition coefficient (Wildman–Crippen LogP) is 15.8. The molecule has 2 heteroatoms. The summed E-state index contributed by atoms with van der Waals surface area (Å²) in [5.41, 5.74) is 18.5. The van der Waals surface area contributed by atoms with Gasteiger partial charge >= 0.3 is 0 Å². The number of anilines is 3. The standard InChI is InChI=1S/C57H34N2/c1-3-12-37-32-54-50-25-23-44(46-19-7-21-48(56(46)50)52(54)30-35(37)10-1)39-14-5-16-41(28-39)59(43-18-9-27-58-34-43)42-17-6-15-40(29-42)45-24-26-51-55-33-38-13-4-2-11-36(38)31-53(55)49-22-8-20-47(45)57(49)51/h1-34H. The molecule has 0 saturated carbocycles. The van der Waals surface area contributed by atoms with Crippen molar-refractivity contribution in [1.29, 1.82) is 0 Å². The summed E-state index contributed by atoms with van der Waals surface area (Å²) in [5, 5.41) is 10.3. The Balaban J connectivity index is 0.937. The SMILES string of the molecule is c1cncc(N(c2cccc(-c3ccc4c5c(cccc35)-c3cc5ccccc5cc3-4)c2)c2cccc(-c3ccc4c5c(cccc35)-c3cc5ccccc5cc3-4)c2)c1. The summed E-state index contributed by atoms with van der Waals surface area (Å²) in [6.07, 6.45) is 3.80. The van der Waals surface area contributed by atoms with Crippen LogP contribution in [-0.4, -0.2) is 4.98 Å². The second-order valence-corrected chi connectivity index (χ2v) is 15.9. The molecule has 272 valence electrons. The molecule has 2 aliphatic rings. The van der Waals surface area contributed by atoms with Crippen molar-refractivity contribution in [2.75, 3.05) is 4.90 Å². The number of aromatic nitrogens is 1. The predicted molar refractivity (Wildman–Crippen MR) is 249 cm³/mol. The van der Waals surface area contributed by atoms with Crippen LogP contribution >= 0.6 is 0 Å². The Morgan fingerprint density at radius 3 is 1.14 bits per heavy atom. The number of benzene rings is 10. The highest BCUT2D eigenvalue weighted by Gasteiger charge is 2.26. The first kappa shape index (κ1) is 32.3. The van der Waals surface area contributed by atoms with Gasteiger partial charge in [0.25, 0.3) is 0 Å². The van der Waals surface area contributed by atoms with Crippen molar-refractivity contribution in [3.63, 3.8) is 0 Å². The van der Waals surface area contributed by atoms with E-state index in [9.17, 15) is 0 Å². The first-order chi connectivity index (χ1) is 29.2. The third kappa shape index (κ3) is 4.78. The molecule has 0 N–H and O–H groups in total. The lowest BCUT2D eigenvalue weighted by molar-refractivity contribution is 1.23. The summed E-state index contributed by atoms with van der Waals surface area (Å²) >= 11 is 0. The summed E-state index contributed by atoms with van der Waals surface area (Å²) in [7, 11) is 0. The van der Waals surface area contributed by atoms with Gasteiger partial charge in [-0.15, -0.1) is 0 Å². The number of fused-ring (bicyclic) bond motifs is 8. The molecule has 0 aliphatic heterocycles. The zero-order valence-corrected chi connectivity index (χ0v) is 32.0. The van der Waals surface area contributed by atoms with Crippen molar-refractivity contribution < 1.29 is 0 Å². The Bertz CT molecular complexity index is 3250. The maximum absolute atomic E-state index is 4.59. The summed E-state index contributed by atoms with van der Waals surface area (Å²) < 4.78 is 0. The van der Waals surface area contributed by atoms with Crippen molar-refractivity contribution in [3.05, 3.63) is 207 Å². The van der Waals surface area contributed by atoms with Crippen molar-refractivity contribution in [1.82, 2.24) is 4.98 Å². The monoisotopic (exact) mass is 746 g/mol. The number of hydrogen-bond acceptors (Lipinski definition) is 2. The van der Waals surface area contributed by atoms with E-state index in [0.29, 0.717) is 0 Å². The van der Waals surface area contributed by atoms with Gasteiger partial charge in [0.1, 0.15) is 0 Å². The Morgan fingerprint density at radius 2 is 0.695 bits per heavy atom. The van der Waals surface area contributed by atoms with E-state index in [-0.39, 0.29) is 0 Å². The van der Waals surface area contributed by atoms with Crippen molar-refractivity contribution in [2.45, 2.75) is 0 Å². The molecule has 0 spiro atoms. The van der Waals surface area contributed by atoms with Crippen LogP contribution in [0.5, 0.6) is 0 Å². The van der Waals surface area contributed by atoms with Crippen LogP contribution in [-0.2, 0) is 0 Å². The van der Waals surface area contributed by atoms with Crippen LogP contribution in [0.3, 0.4) is 0 Å². The molecule has 1 heterocycles. The van der Waals surface area contributed by atoms with E-state index in [2.05, 4.69) is 198 Å². The van der Waals surface area contributed by atoms with Gasteiger partial charge in [-0.2, -0.15) is 0 Å². The van der Waals surface area contributed by atoms with Crippen LogP contribution in [0.2, 0.25) is 0 Å². The van der Waals surface area contributed by atoms with Gasteiger partial charge in [-0.3, -0.25) is 4.98 Å². The second-order valence-electron chi connectivity index (χ2n) is 15.9. The highest BCUT2D eigenvalue weighted by atomic mass is 15.1. The topological polar surface area (TPSA) is 16.1 Å². The van der Waals surface area contributed by atoms with Gasteiger partial charge in [0.15, 0.2) is 0 Å². The molecule has 2 nitrogen and oxygen atoms in total. The minimum absolute atomic E-state index is 1.01. The third-order valence-corrected chi connectivity index (χ3v) is 12.7. The summed E-state index contributed by atoms with van der Waals surface area (Å²) in [6, 6.07) is 71.8. The van der Waals surface area contributed by atoms with Crippen LogP contribution in [0.1, 0.15) is 0 Å². The average molecular weight is 747 g/mol. The van der Waals surface area contributed by atoms with Crippen LogP contribution in [0.4, 0.5) is 17.1 Å². The van der Waals surface area contributed by atoms with Crippen LogP contribution in [0, 0.1) is 0 Å². The number of hydrogen-bond donors (Lipinski definition) is 0. The molecule has 1 aromatic heterocycles. The molecule has 0 bridgehead atoms. The number of pyridine rings is 1. The Morgan fingerprint density at radius 1 is 0.288 bits per heavy atom. The lowest BCUT2D eigenvalue weighted by Gasteiger charge is -2.26. The lowest BCUT2D eigenvalue weighted by atomic mass is 9.93. The van der Waals surface area contributed by atoms with Gasteiger partial charge in [0, 0.05) is 17.6 Å². The zero-order valence-electron chi connectivity index (χ0n) is 32.0. The molecule has 2 aliphatic carbocycles. The zero-order chi connectivity index (χ0) is 38.6. The maximum Gasteiger partial charge on any atom is 0.0644 e. The van der Waals surface area contributed by atoms with E-state index in [1.165, 1.54) is 110 Å². The Kier molecular flexibility index (Phi) is 6.76. The van der Waals surface area contributed by atoms with Crippen molar-refractivity contribution in [3.8, 4) is 66.8 Å². The van der Waals surface area contributed by atoms with Crippen molar-refractivity contribution >= 4 is 60.2 Å². The Hall–Kier alpha value is -7.81. The molecule has 0 fully saturated rings. The molecular formula is C57H34N2. The van der Waals surface area contributed by atoms with Gasteiger partial charge < -0.3 is 4.90 Å². The molecule has 59 heavy (non-hydrogen) atoms. The smallest absolute Gasteiger partial charge is 0.0644 e. The van der Waals surface area contributed by atoms with Gasteiger partial charge in [0.2, 0.25) is 0 Å². The first-order valence-electron chi connectivity index (χ1n) is 20.3. The molecule has 0 atom stereocenters. The van der Waals surface area contributed by atoms with Gasteiger partial charge in [-0.1, -0.05) is 133 Å². The normalized spacial score (nSPS) is 12.1. The second kappa shape index (κ2) is 12.3. The van der Waals surface area contributed by atoms with Gasteiger partial charge in [-0.05, 0) is 171 Å². The van der Waals surface area contributed by atoms with Crippen LogP contribution < -0.4 is 4.90 Å². The minimum Gasteiger partial charge on any atom is -0.309 e. The lowest BCUT2D eigenvalue weighted by Crippen LogP contribution is -2.10. The van der Waals surface area contributed by atoms with Crippen LogP contribution in [0.15, 0.2) is 207 Å². The average Bonchev–Trinajstić information content (AvgIpc) is 3.78. The fourth-order valence-corrected chi connectivity index (χ4v) is 10.1. The van der Waals surface area contributed by atoms with Crippen LogP contribution in [0.25, 0.3) is 110 Å². The van der Waals surface area contributed by atoms with E-state index < -0.39 is 0 Å². The molecular weight excluding hydrogens is 713 g/mol. The summed E-state index contributed by atoms with van der Waals surface area (Å²) in [5.74, 6) is 0. The van der Waals surface area contributed by atoms with E-state index in [1.807, 2.05) is 18.5 Å². The van der Waals surface area contributed by atoms with Crippen molar-refractivity contribution in [2.24, 2.45) is 0 Å².